The highest BCUT2D eigenvalue weighted by Crippen LogP contribution is 2.19. The Morgan fingerprint density at radius 3 is 2.78 bits per heavy atom. The second-order valence-corrected chi connectivity index (χ2v) is 4.92. The molecule has 0 saturated heterocycles. The molecule has 1 N–H and O–H groups in total. The third-order valence-corrected chi connectivity index (χ3v) is 2.70. The summed E-state index contributed by atoms with van der Waals surface area (Å²) in [7, 11) is 0. The monoisotopic (exact) mass is 249 g/mol. The van der Waals surface area contributed by atoms with Gasteiger partial charge in [0, 0.05) is 13.0 Å². The van der Waals surface area contributed by atoms with Crippen LogP contribution in [0.5, 0.6) is 0 Å². The van der Waals surface area contributed by atoms with Crippen LogP contribution in [0.4, 0.5) is 0 Å². The number of aryl methyl sites for hydroxylation is 1. The molecule has 0 saturated carbocycles. The highest BCUT2D eigenvalue weighted by atomic mass is 16.4. The number of nitrogens with zero attached hydrogens (tertiary/aromatic N) is 3. The number of hydrogen-bond donors (Lipinski definition) is 1. The molecule has 1 atom stereocenters. The lowest BCUT2D eigenvalue weighted by Gasteiger charge is -2.10. The third-order valence-electron chi connectivity index (χ3n) is 2.70. The second kappa shape index (κ2) is 5.35. The number of hydrogen-bond acceptors (Lipinski definition) is 4. The Hall–Kier alpha value is -1.62. The van der Waals surface area contributed by atoms with E-state index in [1.54, 1.807) is 6.07 Å². The van der Waals surface area contributed by atoms with Crippen LogP contribution in [0.3, 0.4) is 0 Å². The van der Waals surface area contributed by atoms with Crippen LogP contribution < -0.4 is 0 Å². The fourth-order valence-electron chi connectivity index (χ4n) is 1.85. The average Bonchev–Trinajstić information content (AvgIpc) is 2.88. The summed E-state index contributed by atoms with van der Waals surface area (Å²) in [5.74, 6) is 2.65. The smallest absolute Gasteiger partial charge is 0.138 e. The molecular weight excluding hydrogens is 230 g/mol. The van der Waals surface area contributed by atoms with E-state index in [0.717, 1.165) is 18.1 Å². The number of aliphatic hydroxyl groups excluding tert-OH is 1. The van der Waals surface area contributed by atoms with Crippen molar-refractivity contribution in [2.45, 2.75) is 39.8 Å². The van der Waals surface area contributed by atoms with Crippen LogP contribution in [-0.4, -0.2) is 19.9 Å². The molecule has 0 aliphatic carbocycles. The Morgan fingerprint density at radius 2 is 2.17 bits per heavy atom. The molecule has 0 amide bonds. The summed E-state index contributed by atoms with van der Waals surface area (Å²) in [4.78, 5) is 4.19. The first-order chi connectivity index (χ1) is 8.56. The average molecular weight is 249 g/mol. The van der Waals surface area contributed by atoms with Gasteiger partial charge in [0.25, 0.3) is 0 Å². The van der Waals surface area contributed by atoms with Gasteiger partial charge >= 0.3 is 0 Å². The van der Waals surface area contributed by atoms with Crippen molar-refractivity contribution in [3.63, 3.8) is 0 Å². The van der Waals surface area contributed by atoms with Gasteiger partial charge in [0.05, 0.1) is 0 Å². The van der Waals surface area contributed by atoms with Crippen molar-refractivity contribution in [2.75, 3.05) is 0 Å². The molecule has 1 unspecified atom stereocenters. The minimum absolute atomic E-state index is 0.416. The first-order valence-electron chi connectivity index (χ1n) is 6.17. The standard InChI is InChI=1S/C13H19N3O2/c1-9(2)7-16-13(14-8-15-16)6-11(17)12-5-4-10(3)18-12/h4-5,8-9,11,17H,6-7H2,1-3H3. The quantitative estimate of drug-likeness (QED) is 0.881. The van der Waals surface area contributed by atoms with Crippen LogP contribution in [0.2, 0.25) is 0 Å². The van der Waals surface area contributed by atoms with E-state index in [0.29, 0.717) is 18.1 Å². The molecule has 2 aromatic rings. The predicted molar refractivity (Wildman–Crippen MR) is 67.0 cm³/mol. The molecule has 0 radical (unpaired) electrons. The molecule has 2 aromatic heterocycles. The van der Waals surface area contributed by atoms with Crippen LogP contribution in [-0.2, 0) is 13.0 Å². The van der Waals surface area contributed by atoms with Gasteiger partial charge in [0.2, 0.25) is 0 Å². The maximum Gasteiger partial charge on any atom is 0.138 e. The summed E-state index contributed by atoms with van der Waals surface area (Å²) in [6.45, 7) is 6.91. The first kappa shape index (κ1) is 12.8. The van der Waals surface area contributed by atoms with Gasteiger partial charge in [0.15, 0.2) is 0 Å². The largest absolute Gasteiger partial charge is 0.464 e. The molecule has 0 spiro atoms. The minimum atomic E-state index is -0.672. The Bertz CT molecular complexity index is 502. The maximum absolute atomic E-state index is 10.1. The molecule has 98 valence electrons. The normalized spacial score (nSPS) is 13.2. The van der Waals surface area contributed by atoms with Crippen LogP contribution >= 0.6 is 0 Å². The van der Waals surface area contributed by atoms with Crippen molar-refractivity contribution in [3.8, 4) is 0 Å². The molecule has 0 aliphatic heterocycles. The third kappa shape index (κ3) is 2.98. The van der Waals surface area contributed by atoms with E-state index in [4.69, 9.17) is 4.42 Å². The van der Waals surface area contributed by atoms with Crippen molar-refractivity contribution in [1.82, 2.24) is 14.8 Å². The summed E-state index contributed by atoms with van der Waals surface area (Å²) < 4.78 is 7.24. The van der Waals surface area contributed by atoms with Crippen molar-refractivity contribution in [2.24, 2.45) is 5.92 Å². The SMILES string of the molecule is Cc1ccc(C(O)Cc2ncnn2CC(C)C)o1. The zero-order valence-electron chi connectivity index (χ0n) is 11.0. The van der Waals surface area contributed by atoms with E-state index in [1.807, 2.05) is 17.7 Å². The highest BCUT2D eigenvalue weighted by Gasteiger charge is 2.16. The van der Waals surface area contributed by atoms with Gasteiger partial charge in [-0.3, -0.25) is 0 Å². The van der Waals surface area contributed by atoms with E-state index in [9.17, 15) is 5.11 Å². The number of aliphatic hydroxyl groups is 1. The van der Waals surface area contributed by atoms with Gasteiger partial charge in [0.1, 0.15) is 29.8 Å². The number of aromatic nitrogens is 3. The molecule has 18 heavy (non-hydrogen) atoms. The number of furan rings is 1. The Balaban J connectivity index is 2.07. The summed E-state index contributed by atoms with van der Waals surface area (Å²) in [5.41, 5.74) is 0. The molecule has 5 heteroatoms. The van der Waals surface area contributed by atoms with Gasteiger partial charge in [-0.05, 0) is 25.0 Å². The highest BCUT2D eigenvalue weighted by molar-refractivity contribution is 5.09. The van der Waals surface area contributed by atoms with Crippen molar-refractivity contribution < 1.29 is 9.52 Å². The lowest BCUT2D eigenvalue weighted by Crippen LogP contribution is -2.13. The van der Waals surface area contributed by atoms with Crippen molar-refractivity contribution >= 4 is 0 Å². The molecule has 0 aromatic carbocycles. The van der Waals surface area contributed by atoms with E-state index in [-0.39, 0.29) is 0 Å². The van der Waals surface area contributed by atoms with E-state index in [2.05, 4.69) is 23.9 Å². The van der Waals surface area contributed by atoms with Crippen molar-refractivity contribution in [1.29, 1.82) is 0 Å². The Labute approximate surface area is 106 Å². The molecule has 0 fully saturated rings. The van der Waals surface area contributed by atoms with Crippen LogP contribution in [0, 0.1) is 12.8 Å². The maximum atomic E-state index is 10.1. The van der Waals surface area contributed by atoms with E-state index < -0.39 is 6.10 Å². The molecule has 0 aliphatic rings. The zero-order chi connectivity index (χ0) is 13.1. The molecule has 5 nitrogen and oxygen atoms in total. The second-order valence-electron chi connectivity index (χ2n) is 4.92. The Morgan fingerprint density at radius 1 is 1.39 bits per heavy atom. The van der Waals surface area contributed by atoms with Gasteiger partial charge < -0.3 is 9.52 Å². The summed E-state index contributed by atoms with van der Waals surface area (Å²) in [5, 5.41) is 14.3. The Kier molecular flexibility index (Phi) is 3.81. The van der Waals surface area contributed by atoms with Crippen LogP contribution in [0.15, 0.2) is 22.9 Å². The summed E-state index contributed by atoms with van der Waals surface area (Å²) in [6, 6.07) is 3.64. The van der Waals surface area contributed by atoms with Crippen LogP contribution in [0.25, 0.3) is 0 Å². The molecule has 2 rings (SSSR count). The van der Waals surface area contributed by atoms with Gasteiger partial charge in [-0.15, -0.1) is 0 Å². The number of rotatable bonds is 5. The van der Waals surface area contributed by atoms with Gasteiger partial charge in [-0.2, -0.15) is 5.10 Å². The predicted octanol–water partition coefficient (Wildman–Crippen LogP) is 2.11. The fraction of sp³-hybridized carbons (Fsp3) is 0.538. The van der Waals surface area contributed by atoms with Gasteiger partial charge in [-0.1, -0.05) is 13.8 Å². The first-order valence-corrected chi connectivity index (χ1v) is 6.17. The summed E-state index contributed by atoms with van der Waals surface area (Å²) >= 11 is 0. The van der Waals surface area contributed by atoms with Gasteiger partial charge in [-0.25, -0.2) is 9.67 Å². The fourth-order valence-corrected chi connectivity index (χ4v) is 1.85. The molecule has 0 bridgehead atoms. The molecular formula is C13H19N3O2. The van der Waals surface area contributed by atoms with E-state index in [1.165, 1.54) is 6.33 Å². The minimum Gasteiger partial charge on any atom is -0.464 e. The van der Waals surface area contributed by atoms with E-state index >= 15 is 0 Å². The summed E-state index contributed by atoms with van der Waals surface area (Å²) in [6.07, 6.45) is 1.27. The zero-order valence-corrected chi connectivity index (χ0v) is 11.0. The van der Waals surface area contributed by atoms with Crippen molar-refractivity contribution in [3.05, 3.63) is 35.8 Å². The van der Waals surface area contributed by atoms with Crippen LogP contribution in [0.1, 0.15) is 37.3 Å². The topological polar surface area (TPSA) is 64.1 Å². The lowest BCUT2D eigenvalue weighted by atomic mass is 10.2. The lowest BCUT2D eigenvalue weighted by molar-refractivity contribution is 0.144. The molecule has 2 heterocycles.